The number of rotatable bonds is 6. The highest BCUT2D eigenvalue weighted by Crippen LogP contribution is 2.19. The molecular formula is C27H21N3O3. The van der Waals surface area contributed by atoms with Crippen LogP contribution >= 0.6 is 0 Å². The number of fused-ring (bicyclic) bond motifs is 1. The molecule has 33 heavy (non-hydrogen) atoms. The van der Waals surface area contributed by atoms with E-state index in [2.05, 4.69) is 15.8 Å². The van der Waals surface area contributed by atoms with Crippen LogP contribution in [0.2, 0.25) is 0 Å². The topological polar surface area (TPSA) is 90.8 Å². The third-order valence-electron chi connectivity index (χ3n) is 4.96. The molecule has 0 fully saturated rings. The minimum Gasteiger partial charge on any atom is -0.507 e. The van der Waals surface area contributed by atoms with Gasteiger partial charge in [0.2, 0.25) is 0 Å². The molecule has 2 amide bonds. The number of hydrogen-bond acceptors (Lipinski definition) is 4. The van der Waals surface area contributed by atoms with Crippen molar-refractivity contribution in [2.24, 2.45) is 5.10 Å². The van der Waals surface area contributed by atoms with E-state index in [9.17, 15) is 14.7 Å². The molecular weight excluding hydrogens is 414 g/mol. The SMILES string of the molecule is O=C(N/N=C/c1cccc2ccccc12)/C(=C/c1ccccc1O)NC(=O)c1ccccc1. The minimum absolute atomic E-state index is 0.0176. The lowest BCUT2D eigenvalue weighted by molar-refractivity contribution is -0.117. The van der Waals surface area contributed by atoms with E-state index in [-0.39, 0.29) is 11.4 Å². The zero-order chi connectivity index (χ0) is 23.0. The van der Waals surface area contributed by atoms with Gasteiger partial charge in [-0.05, 0) is 35.0 Å². The molecule has 0 radical (unpaired) electrons. The van der Waals surface area contributed by atoms with Crippen molar-refractivity contribution in [3.05, 3.63) is 119 Å². The summed E-state index contributed by atoms with van der Waals surface area (Å²) in [5.41, 5.74) is 4.02. The molecule has 4 aromatic rings. The zero-order valence-corrected chi connectivity index (χ0v) is 17.6. The lowest BCUT2D eigenvalue weighted by Crippen LogP contribution is -2.32. The van der Waals surface area contributed by atoms with Gasteiger partial charge < -0.3 is 10.4 Å². The van der Waals surface area contributed by atoms with Crippen molar-refractivity contribution < 1.29 is 14.7 Å². The van der Waals surface area contributed by atoms with E-state index in [1.807, 2.05) is 42.5 Å². The van der Waals surface area contributed by atoms with Crippen LogP contribution in [-0.4, -0.2) is 23.1 Å². The smallest absolute Gasteiger partial charge is 0.287 e. The van der Waals surface area contributed by atoms with E-state index in [4.69, 9.17) is 0 Å². The average Bonchev–Trinajstić information content (AvgIpc) is 2.85. The molecule has 3 N–H and O–H groups in total. The Labute approximate surface area is 190 Å². The second kappa shape index (κ2) is 10.1. The van der Waals surface area contributed by atoms with Crippen molar-refractivity contribution in [2.75, 3.05) is 0 Å². The Morgan fingerprint density at radius 3 is 2.24 bits per heavy atom. The maximum absolute atomic E-state index is 12.9. The van der Waals surface area contributed by atoms with Gasteiger partial charge >= 0.3 is 0 Å². The number of amides is 2. The summed E-state index contributed by atoms with van der Waals surface area (Å²) in [6, 6.07) is 28.7. The third-order valence-corrected chi connectivity index (χ3v) is 4.96. The third kappa shape index (κ3) is 5.32. The second-order valence-electron chi connectivity index (χ2n) is 7.20. The number of carbonyl (C=O) groups is 2. The maximum Gasteiger partial charge on any atom is 0.287 e. The van der Waals surface area contributed by atoms with Gasteiger partial charge in [0.15, 0.2) is 0 Å². The van der Waals surface area contributed by atoms with Crippen molar-refractivity contribution in [1.29, 1.82) is 0 Å². The van der Waals surface area contributed by atoms with Crippen molar-refractivity contribution in [3.8, 4) is 5.75 Å². The molecule has 0 heterocycles. The van der Waals surface area contributed by atoms with Gasteiger partial charge in [0.05, 0.1) is 6.21 Å². The number of phenolic OH excluding ortho intramolecular Hbond substituents is 1. The first-order valence-electron chi connectivity index (χ1n) is 10.3. The van der Waals surface area contributed by atoms with Gasteiger partial charge in [-0.2, -0.15) is 5.10 Å². The fourth-order valence-electron chi connectivity index (χ4n) is 3.29. The first-order chi connectivity index (χ1) is 16.1. The van der Waals surface area contributed by atoms with Crippen molar-refractivity contribution in [1.82, 2.24) is 10.7 Å². The van der Waals surface area contributed by atoms with E-state index >= 15 is 0 Å². The van der Waals surface area contributed by atoms with Crippen LogP contribution in [0.4, 0.5) is 0 Å². The van der Waals surface area contributed by atoms with E-state index in [1.54, 1.807) is 54.7 Å². The number of nitrogens with zero attached hydrogens (tertiary/aromatic N) is 1. The highest BCUT2D eigenvalue weighted by molar-refractivity contribution is 6.06. The van der Waals surface area contributed by atoms with Crippen molar-refractivity contribution in [2.45, 2.75) is 0 Å². The monoisotopic (exact) mass is 435 g/mol. The Kier molecular flexibility index (Phi) is 6.56. The highest BCUT2D eigenvalue weighted by Gasteiger charge is 2.15. The summed E-state index contributed by atoms with van der Waals surface area (Å²) in [5.74, 6) is -1.10. The van der Waals surface area contributed by atoms with Crippen LogP contribution < -0.4 is 10.7 Å². The number of aromatic hydroxyl groups is 1. The maximum atomic E-state index is 12.9. The molecule has 0 atom stereocenters. The van der Waals surface area contributed by atoms with Crippen molar-refractivity contribution >= 4 is 34.9 Å². The molecule has 0 unspecified atom stereocenters. The zero-order valence-electron chi connectivity index (χ0n) is 17.6. The lowest BCUT2D eigenvalue weighted by atomic mass is 10.1. The summed E-state index contributed by atoms with van der Waals surface area (Å²) >= 11 is 0. The molecule has 162 valence electrons. The Balaban J connectivity index is 1.58. The van der Waals surface area contributed by atoms with Gasteiger partial charge in [-0.15, -0.1) is 0 Å². The summed E-state index contributed by atoms with van der Waals surface area (Å²) in [5, 5.41) is 18.8. The van der Waals surface area contributed by atoms with Crippen molar-refractivity contribution in [3.63, 3.8) is 0 Å². The van der Waals surface area contributed by atoms with E-state index in [0.717, 1.165) is 16.3 Å². The van der Waals surface area contributed by atoms with Gasteiger partial charge in [0.25, 0.3) is 11.8 Å². The van der Waals surface area contributed by atoms with Crippen LogP contribution in [0.1, 0.15) is 21.5 Å². The number of benzene rings is 4. The second-order valence-corrected chi connectivity index (χ2v) is 7.20. The van der Waals surface area contributed by atoms with Gasteiger partial charge in [-0.1, -0.05) is 78.9 Å². The molecule has 0 saturated heterocycles. The van der Waals surface area contributed by atoms with Crippen LogP contribution in [0.5, 0.6) is 5.75 Å². The van der Waals surface area contributed by atoms with E-state index < -0.39 is 11.8 Å². The number of hydrogen-bond donors (Lipinski definition) is 3. The Bertz CT molecular complexity index is 1360. The predicted octanol–water partition coefficient (Wildman–Crippen LogP) is 4.47. The normalized spacial score (nSPS) is 11.5. The van der Waals surface area contributed by atoms with Gasteiger partial charge in [0, 0.05) is 16.7 Å². The van der Waals surface area contributed by atoms with Crippen LogP contribution in [0.3, 0.4) is 0 Å². The van der Waals surface area contributed by atoms with Gasteiger partial charge in [-0.25, -0.2) is 5.43 Å². The predicted molar refractivity (Wildman–Crippen MR) is 130 cm³/mol. The Morgan fingerprint density at radius 1 is 0.758 bits per heavy atom. The van der Waals surface area contributed by atoms with Gasteiger partial charge in [0.1, 0.15) is 11.4 Å². The molecule has 0 spiro atoms. The molecule has 4 aromatic carbocycles. The molecule has 4 rings (SSSR count). The number of carbonyl (C=O) groups excluding carboxylic acids is 2. The van der Waals surface area contributed by atoms with E-state index in [1.165, 1.54) is 12.1 Å². The quantitative estimate of drug-likeness (QED) is 0.237. The number of para-hydroxylation sites is 1. The van der Waals surface area contributed by atoms with Crippen LogP contribution in [-0.2, 0) is 4.79 Å². The van der Waals surface area contributed by atoms with Gasteiger partial charge in [-0.3, -0.25) is 9.59 Å². The first-order valence-corrected chi connectivity index (χ1v) is 10.3. The Hall–Kier alpha value is -4.71. The summed E-state index contributed by atoms with van der Waals surface area (Å²) < 4.78 is 0. The lowest BCUT2D eigenvalue weighted by Gasteiger charge is -2.10. The number of phenols is 1. The summed E-state index contributed by atoms with van der Waals surface area (Å²) in [6.07, 6.45) is 2.95. The van der Waals surface area contributed by atoms with Crippen LogP contribution in [0.15, 0.2) is 108 Å². The summed E-state index contributed by atoms with van der Waals surface area (Å²) in [4.78, 5) is 25.5. The average molecular weight is 435 g/mol. The molecule has 6 heteroatoms. The largest absolute Gasteiger partial charge is 0.507 e. The summed E-state index contributed by atoms with van der Waals surface area (Å²) in [7, 11) is 0. The number of nitrogens with one attached hydrogen (secondary N) is 2. The summed E-state index contributed by atoms with van der Waals surface area (Å²) in [6.45, 7) is 0. The highest BCUT2D eigenvalue weighted by atomic mass is 16.3. The molecule has 0 bridgehead atoms. The molecule has 0 aliphatic carbocycles. The Morgan fingerprint density at radius 2 is 1.42 bits per heavy atom. The fraction of sp³-hybridized carbons (Fsp3) is 0. The molecule has 0 saturated carbocycles. The van der Waals surface area contributed by atoms with E-state index in [0.29, 0.717) is 11.1 Å². The van der Waals surface area contributed by atoms with Crippen LogP contribution in [0.25, 0.3) is 16.8 Å². The fourth-order valence-corrected chi connectivity index (χ4v) is 3.29. The first kappa shape index (κ1) is 21.5. The molecule has 0 aromatic heterocycles. The minimum atomic E-state index is -0.626. The number of hydrazone groups is 1. The molecule has 0 aliphatic heterocycles. The molecule has 6 nitrogen and oxygen atoms in total. The molecule has 0 aliphatic rings. The standard InChI is InChI=1S/C27H21N3O3/c31-25-16-7-5-12-21(25)17-24(29-26(32)20-10-2-1-3-11-20)27(33)30-28-18-22-14-8-13-19-9-4-6-15-23(19)22/h1-18,31H,(H,29,32)(H,30,33)/b24-17-,28-18+. The van der Waals surface area contributed by atoms with Crippen LogP contribution in [0, 0.1) is 0 Å².